The average Bonchev–Trinajstić information content (AvgIpc) is 2.32. The molecule has 0 bridgehead atoms. The summed E-state index contributed by atoms with van der Waals surface area (Å²) in [6, 6.07) is 0.0251. The van der Waals surface area contributed by atoms with Crippen molar-refractivity contribution in [2.24, 2.45) is 0 Å². The highest BCUT2D eigenvalue weighted by Crippen LogP contribution is 2.23. The first-order chi connectivity index (χ1) is 5.51. The summed E-state index contributed by atoms with van der Waals surface area (Å²) >= 11 is 3.69. The molecule has 0 amide bonds. The predicted molar refractivity (Wildman–Crippen MR) is 49.5 cm³/mol. The van der Waals surface area contributed by atoms with Crippen LogP contribution in [0.15, 0.2) is 0 Å². The molecule has 1 N–H and O–H groups in total. The molecule has 0 radical (unpaired) electrons. The first kappa shape index (κ1) is 10.3. The van der Waals surface area contributed by atoms with Crippen molar-refractivity contribution in [2.45, 2.75) is 31.4 Å². The van der Waals surface area contributed by atoms with Crippen LogP contribution in [0.3, 0.4) is 0 Å². The average molecular weight is 211 g/mol. The molecular weight excluding hydrogens is 198 g/mol. The minimum atomic E-state index is -3.07. The lowest BCUT2D eigenvalue weighted by Crippen LogP contribution is -2.32. The van der Waals surface area contributed by atoms with Gasteiger partial charge in [0.2, 0.25) is 10.0 Å². The van der Waals surface area contributed by atoms with Gasteiger partial charge >= 0.3 is 0 Å². The normalized spacial score (nSPS) is 30.8. The van der Waals surface area contributed by atoms with E-state index in [4.69, 9.17) is 4.18 Å². The quantitative estimate of drug-likeness (QED) is 0.522. The second kappa shape index (κ2) is 3.95. The third-order valence-electron chi connectivity index (χ3n) is 1.91. The van der Waals surface area contributed by atoms with E-state index in [2.05, 4.69) is 17.6 Å². The van der Waals surface area contributed by atoms with E-state index in [1.807, 2.05) is 0 Å². The molecule has 2 atom stereocenters. The number of rotatable bonds is 3. The summed E-state index contributed by atoms with van der Waals surface area (Å²) in [5.41, 5.74) is 0. The van der Waals surface area contributed by atoms with Crippen molar-refractivity contribution in [3.05, 3.63) is 0 Å². The van der Waals surface area contributed by atoms with Gasteiger partial charge in [0.25, 0.3) is 0 Å². The number of hydrogen-bond donors (Lipinski definition) is 2. The standard InChI is InChI=1S/C6H13NO3S2/c1-12(8,9)7-5-2-3-6(4-5)10-11/h5-7,11H,2-4H2,1H3/t5-,6-/m1/s1. The number of nitrogens with one attached hydrogen (secondary N) is 1. The number of thiol groups is 1. The Balaban J connectivity index is 2.38. The van der Waals surface area contributed by atoms with Gasteiger partial charge in [-0.25, -0.2) is 13.1 Å². The summed E-state index contributed by atoms with van der Waals surface area (Å²) in [5.74, 6) is 0. The van der Waals surface area contributed by atoms with E-state index in [1.165, 1.54) is 6.26 Å². The molecule has 0 aromatic rings. The molecule has 0 saturated heterocycles. The Kier molecular flexibility index (Phi) is 3.39. The highest BCUT2D eigenvalue weighted by Gasteiger charge is 2.26. The molecule has 0 aromatic carbocycles. The molecule has 1 aliphatic rings. The third kappa shape index (κ3) is 3.30. The second-order valence-corrected chi connectivity index (χ2v) is 5.12. The van der Waals surface area contributed by atoms with Crippen molar-refractivity contribution in [1.29, 1.82) is 0 Å². The fourth-order valence-corrected chi connectivity index (χ4v) is 2.46. The minimum Gasteiger partial charge on any atom is -0.315 e. The van der Waals surface area contributed by atoms with E-state index in [-0.39, 0.29) is 12.1 Å². The van der Waals surface area contributed by atoms with Gasteiger partial charge in [0.1, 0.15) is 0 Å². The molecule has 0 aromatic heterocycles. The van der Waals surface area contributed by atoms with E-state index >= 15 is 0 Å². The smallest absolute Gasteiger partial charge is 0.208 e. The molecule has 6 heteroatoms. The Morgan fingerprint density at radius 1 is 1.50 bits per heavy atom. The number of sulfonamides is 1. The van der Waals surface area contributed by atoms with Gasteiger partial charge in [0.15, 0.2) is 0 Å². The lowest BCUT2D eigenvalue weighted by molar-refractivity contribution is 0.254. The minimum absolute atomic E-state index is 0.0251. The summed E-state index contributed by atoms with van der Waals surface area (Å²) in [6.45, 7) is 0. The van der Waals surface area contributed by atoms with Gasteiger partial charge in [-0.15, -0.1) is 0 Å². The predicted octanol–water partition coefficient (Wildman–Crippen LogP) is 0.318. The zero-order valence-electron chi connectivity index (χ0n) is 6.86. The van der Waals surface area contributed by atoms with Gasteiger partial charge in [-0.05, 0) is 32.2 Å². The molecule has 1 fully saturated rings. The zero-order valence-corrected chi connectivity index (χ0v) is 8.57. The van der Waals surface area contributed by atoms with Crippen LogP contribution in [0.1, 0.15) is 19.3 Å². The molecule has 0 unspecified atom stereocenters. The van der Waals surface area contributed by atoms with Crippen molar-refractivity contribution in [3.63, 3.8) is 0 Å². The van der Waals surface area contributed by atoms with Crippen LogP contribution in [0.25, 0.3) is 0 Å². The second-order valence-electron chi connectivity index (χ2n) is 3.13. The molecule has 12 heavy (non-hydrogen) atoms. The maximum absolute atomic E-state index is 10.8. The topological polar surface area (TPSA) is 55.4 Å². The Morgan fingerprint density at radius 2 is 2.17 bits per heavy atom. The lowest BCUT2D eigenvalue weighted by Gasteiger charge is -2.09. The van der Waals surface area contributed by atoms with Gasteiger partial charge in [-0.2, -0.15) is 0 Å². The fraction of sp³-hybridized carbons (Fsp3) is 1.00. The van der Waals surface area contributed by atoms with Crippen LogP contribution in [0, 0.1) is 0 Å². The van der Waals surface area contributed by atoms with E-state index < -0.39 is 10.0 Å². The van der Waals surface area contributed by atoms with E-state index in [1.54, 1.807) is 0 Å². The van der Waals surface area contributed by atoms with Crippen molar-refractivity contribution in [1.82, 2.24) is 4.72 Å². The van der Waals surface area contributed by atoms with E-state index in [9.17, 15) is 8.42 Å². The van der Waals surface area contributed by atoms with Crippen molar-refractivity contribution < 1.29 is 12.6 Å². The monoisotopic (exact) mass is 211 g/mol. The molecular formula is C6H13NO3S2. The Bertz CT molecular complexity index is 239. The third-order valence-corrected chi connectivity index (χ3v) is 2.97. The van der Waals surface area contributed by atoms with Crippen LogP contribution in [0.4, 0.5) is 0 Å². The lowest BCUT2D eigenvalue weighted by atomic mass is 10.3. The highest BCUT2D eigenvalue weighted by molar-refractivity contribution is 7.88. The summed E-state index contributed by atoms with van der Waals surface area (Å²) < 4.78 is 29.0. The van der Waals surface area contributed by atoms with E-state index in [0.29, 0.717) is 0 Å². The molecule has 1 aliphatic carbocycles. The molecule has 1 saturated carbocycles. The summed E-state index contributed by atoms with van der Waals surface area (Å²) in [6.07, 6.45) is 3.68. The van der Waals surface area contributed by atoms with Crippen LogP contribution in [-0.4, -0.2) is 26.8 Å². The van der Waals surface area contributed by atoms with Crippen LogP contribution >= 0.6 is 12.9 Å². The summed E-state index contributed by atoms with van der Waals surface area (Å²) in [4.78, 5) is 0. The Morgan fingerprint density at radius 3 is 2.58 bits per heavy atom. The van der Waals surface area contributed by atoms with Gasteiger partial charge in [0, 0.05) is 6.04 Å². The van der Waals surface area contributed by atoms with Crippen LogP contribution < -0.4 is 4.72 Å². The fourth-order valence-electron chi connectivity index (χ4n) is 1.45. The first-order valence-electron chi connectivity index (χ1n) is 3.79. The summed E-state index contributed by atoms with van der Waals surface area (Å²) in [7, 11) is -3.07. The Hall–Kier alpha value is 0.220. The summed E-state index contributed by atoms with van der Waals surface area (Å²) in [5, 5.41) is 0. The van der Waals surface area contributed by atoms with Crippen molar-refractivity contribution >= 4 is 22.9 Å². The molecule has 0 spiro atoms. The van der Waals surface area contributed by atoms with Crippen LogP contribution in [0.5, 0.6) is 0 Å². The highest BCUT2D eigenvalue weighted by atomic mass is 32.2. The largest absolute Gasteiger partial charge is 0.315 e. The van der Waals surface area contributed by atoms with Gasteiger partial charge in [0.05, 0.1) is 12.4 Å². The molecule has 0 aliphatic heterocycles. The maximum Gasteiger partial charge on any atom is 0.208 e. The van der Waals surface area contributed by atoms with Crippen molar-refractivity contribution in [3.8, 4) is 0 Å². The zero-order chi connectivity index (χ0) is 9.19. The first-order valence-corrected chi connectivity index (χ1v) is 6.04. The number of hydrogen-bond acceptors (Lipinski definition) is 4. The van der Waals surface area contributed by atoms with Crippen LogP contribution in [0.2, 0.25) is 0 Å². The van der Waals surface area contributed by atoms with Gasteiger partial charge in [-0.1, -0.05) is 0 Å². The van der Waals surface area contributed by atoms with Crippen molar-refractivity contribution in [2.75, 3.05) is 6.26 Å². The van der Waals surface area contributed by atoms with E-state index in [0.717, 1.165) is 19.3 Å². The molecule has 72 valence electrons. The van der Waals surface area contributed by atoms with Gasteiger partial charge < -0.3 is 4.18 Å². The Labute approximate surface area is 78.3 Å². The molecule has 0 heterocycles. The maximum atomic E-state index is 10.8. The molecule has 4 nitrogen and oxygen atoms in total. The SMILES string of the molecule is CS(=O)(=O)N[C@@H]1CC[C@@H](OS)C1. The van der Waals surface area contributed by atoms with Crippen LogP contribution in [-0.2, 0) is 14.2 Å². The molecule has 1 rings (SSSR count). The van der Waals surface area contributed by atoms with Gasteiger partial charge in [-0.3, -0.25) is 0 Å².